The van der Waals surface area contributed by atoms with E-state index in [1.165, 1.54) is 10.4 Å². The molecular weight excluding hydrogens is 284 g/mol. The Balaban J connectivity index is 2.31. The fourth-order valence-corrected chi connectivity index (χ4v) is 4.73. The van der Waals surface area contributed by atoms with Crippen LogP contribution in [-0.4, -0.2) is 14.6 Å². The van der Waals surface area contributed by atoms with Gasteiger partial charge in [-0.2, -0.15) is 0 Å². The first kappa shape index (κ1) is 15.3. The van der Waals surface area contributed by atoms with Crippen molar-refractivity contribution >= 4 is 31.0 Å². The molecule has 0 bridgehead atoms. The van der Waals surface area contributed by atoms with Gasteiger partial charge in [0.2, 0.25) is 9.04 Å². The average Bonchev–Trinajstić information content (AvgIpc) is 2.45. The molecule has 2 aromatic carbocycles. The van der Waals surface area contributed by atoms with Gasteiger partial charge in [-0.25, -0.2) is 0 Å². The van der Waals surface area contributed by atoms with E-state index in [0.29, 0.717) is 0 Å². The molecule has 0 aromatic heterocycles. The van der Waals surface area contributed by atoms with E-state index in [-0.39, 0.29) is 11.0 Å². The highest BCUT2D eigenvalue weighted by Gasteiger charge is 2.28. The lowest BCUT2D eigenvalue weighted by molar-refractivity contribution is 0.163. The minimum Gasteiger partial charge on any atom is -0.394 e. The molecule has 1 unspecified atom stereocenters. The molecular formula is C17H21ClOSi. The van der Waals surface area contributed by atoms with Crippen LogP contribution in [0.3, 0.4) is 0 Å². The lowest BCUT2D eigenvalue weighted by Crippen LogP contribution is -2.48. The van der Waals surface area contributed by atoms with E-state index >= 15 is 0 Å². The zero-order chi connectivity index (χ0) is 14.6. The molecule has 0 saturated carbocycles. The second kappa shape index (κ2) is 6.57. The van der Waals surface area contributed by atoms with Crippen molar-refractivity contribution in [1.29, 1.82) is 0 Å². The van der Waals surface area contributed by atoms with Gasteiger partial charge in [-0.15, -0.1) is 0 Å². The SMILES string of the molecule is CC(C)(C)C(Cl)O[SiH](c1ccccc1)c1ccccc1. The van der Waals surface area contributed by atoms with E-state index in [1.807, 2.05) is 12.1 Å². The molecule has 2 rings (SSSR count). The molecule has 0 aliphatic heterocycles. The number of benzene rings is 2. The Hall–Kier alpha value is -1.09. The Kier molecular flexibility index (Phi) is 5.03. The van der Waals surface area contributed by atoms with Crippen molar-refractivity contribution < 1.29 is 4.43 Å². The Labute approximate surface area is 128 Å². The second-order valence-corrected chi connectivity index (χ2v) is 8.78. The molecule has 0 aliphatic carbocycles. The molecule has 0 saturated heterocycles. The quantitative estimate of drug-likeness (QED) is 0.623. The summed E-state index contributed by atoms with van der Waals surface area (Å²) < 4.78 is 6.29. The van der Waals surface area contributed by atoms with E-state index < -0.39 is 9.04 Å². The third kappa shape index (κ3) is 3.95. The first-order chi connectivity index (χ1) is 9.48. The number of halogens is 1. The van der Waals surface area contributed by atoms with Crippen molar-refractivity contribution in [3.05, 3.63) is 60.7 Å². The first-order valence-corrected chi connectivity index (χ1v) is 8.94. The van der Waals surface area contributed by atoms with Gasteiger partial charge in [-0.1, -0.05) is 93.0 Å². The topological polar surface area (TPSA) is 9.23 Å². The maximum Gasteiger partial charge on any atom is 0.241 e. The molecule has 0 spiro atoms. The Morgan fingerprint density at radius 2 is 1.25 bits per heavy atom. The molecule has 0 radical (unpaired) electrons. The largest absolute Gasteiger partial charge is 0.394 e. The van der Waals surface area contributed by atoms with E-state index in [1.54, 1.807) is 0 Å². The van der Waals surface area contributed by atoms with Crippen molar-refractivity contribution in [3.8, 4) is 0 Å². The summed E-state index contributed by atoms with van der Waals surface area (Å²) in [6.07, 6.45) is 0. The van der Waals surface area contributed by atoms with Crippen LogP contribution in [0.25, 0.3) is 0 Å². The van der Waals surface area contributed by atoms with Gasteiger partial charge in [-0.05, 0) is 10.4 Å². The zero-order valence-electron chi connectivity index (χ0n) is 12.2. The highest BCUT2D eigenvalue weighted by atomic mass is 35.5. The molecule has 0 fully saturated rings. The highest BCUT2D eigenvalue weighted by Crippen LogP contribution is 2.25. The van der Waals surface area contributed by atoms with Gasteiger partial charge < -0.3 is 4.43 Å². The predicted octanol–water partition coefficient (Wildman–Crippen LogP) is 3.15. The Morgan fingerprint density at radius 1 is 0.850 bits per heavy atom. The minimum absolute atomic E-state index is 0.0730. The maximum atomic E-state index is 6.46. The maximum absolute atomic E-state index is 6.46. The monoisotopic (exact) mass is 304 g/mol. The zero-order valence-corrected chi connectivity index (χ0v) is 14.1. The number of hydrogen-bond donors (Lipinski definition) is 0. The smallest absolute Gasteiger partial charge is 0.241 e. The standard InChI is InChI=1S/C17H21ClOSi/c1-17(2,3)16(18)19-20(14-10-6-4-7-11-14)15-12-8-5-9-13-15/h4-13,16,20H,1-3H3. The first-order valence-electron chi connectivity index (χ1n) is 6.88. The van der Waals surface area contributed by atoms with E-state index in [9.17, 15) is 0 Å². The molecule has 0 amide bonds. The molecule has 0 N–H and O–H groups in total. The van der Waals surface area contributed by atoms with Crippen LogP contribution >= 0.6 is 11.6 Å². The molecule has 0 aliphatic rings. The lowest BCUT2D eigenvalue weighted by Gasteiger charge is -2.29. The summed E-state index contributed by atoms with van der Waals surface area (Å²) in [5.74, 6) is 0. The van der Waals surface area contributed by atoms with E-state index in [4.69, 9.17) is 16.0 Å². The molecule has 20 heavy (non-hydrogen) atoms. The minimum atomic E-state index is -1.74. The molecule has 3 heteroatoms. The molecule has 106 valence electrons. The third-order valence-electron chi connectivity index (χ3n) is 3.14. The van der Waals surface area contributed by atoms with Gasteiger partial charge in [0.05, 0.1) is 0 Å². The van der Waals surface area contributed by atoms with Gasteiger partial charge >= 0.3 is 0 Å². The Morgan fingerprint density at radius 3 is 1.60 bits per heavy atom. The van der Waals surface area contributed by atoms with Gasteiger partial charge in [0.1, 0.15) is 5.56 Å². The molecule has 0 heterocycles. The van der Waals surface area contributed by atoms with Crippen molar-refractivity contribution in [1.82, 2.24) is 0 Å². The average molecular weight is 305 g/mol. The van der Waals surface area contributed by atoms with Crippen LogP contribution in [0.2, 0.25) is 0 Å². The fourth-order valence-electron chi connectivity index (χ4n) is 1.93. The molecule has 2 aromatic rings. The summed E-state index contributed by atoms with van der Waals surface area (Å²) in [6.45, 7) is 6.31. The van der Waals surface area contributed by atoms with Crippen LogP contribution in [0.4, 0.5) is 0 Å². The summed E-state index contributed by atoms with van der Waals surface area (Å²) in [5, 5.41) is 2.52. The fraction of sp³-hybridized carbons (Fsp3) is 0.294. The van der Waals surface area contributed by atoms with Gasteiger partial charge in [0.25, 0.3) is 0 Å². The van der Waals surface area contributed by atoms with Crippen LogP contribution in [-0.2, 0) is 4.43 Å². The molecule has 1 atom stereocenters. The summed E-state index contributed by atoms with van der Waals surface area (Å²) in [4.78, 5) is 0. The van der Waals surface area contributed by atoms with E-state index in [2.05, 4.69) is 69.3 Å². The highest BCUT2D eigenvalue weighted by molar-refractivity contribution is 6.80. The van der Waals surface area contributed by atoms with Gasteiger partial charge in [0, 0.05) is 5.41 Å². The van der Waals surface area contributed by atoms with Crippen LogP contribution < -0.4 is 10.4 Å². The van der Waals surface area contributed by atoms with Crippen molar-refractivity contribution in [2.75, 3.05) is 0 Å². The van der Waals surface area contributed by atoms with Crippen molar-refractivity contribution in [2.24, 2.45) is 5.41 Å². The van der Waals surface area contributed by atoms with Gasteiger partial charge in [0.15, 0.2) is 0 Å². The number of hydrogen-bond acceptors (Lipinski definition) is 1. The van der Waals surface area contributed by atoms with Crippen molar-refractivity contribution in [2.45, 2.75) is 26.3 Å². The van der Waals surface area contributed by atoms with Crippen LogP contribution in [0.15, 0.2) is 60.7 Å². The normalized spacial score (nSPS) is 13.4. The van der Waals surface area contributed by atoms with Crippen LogP contribution in [0.5, 0.6) is 0 Å². The van der Waals surface area contributed by atoms with Gasteiger partial charge in [-0.3, -0.25) is 0 Å². The summed E-state index contributed by atoms with van der Waals surface area (Å²) in [7, 11) is -1.74. The second-order valence-electron chi connectivity index (χ2n) is 6.02. The van der Waals surface area contributed by atoms with Crippen LogP contribution in [0, 0.1) is 5.41 Å². The number of alkyl halides is 1. The lowest BCUT2D eigenvalue weighted by atomic mass is 9.98. The molecule has 1 nitrogen and oxygen atoms in total. The van der Waals surface area contributed by atoms with Crippen LogP contribution in [0.1, 0.15) is 20.8 Å². The summed E-state index contributed by atoms with van der Waals surface area (Å²) in [6, 6.07) is 20.8. The summed E-state index contributed by atoms with van der Waals surface area (Å²) >= 11 is 6.46. The Bertz CT molecular complexity index is 482. The third-order valence-corrected chi connectivity index (χ3v) is 6.60. The predicted molar refractivity (Wildman–Crippen MR) is 89.5 cm³/mol. The summed E-state index contributed by atoms with van der Waals surface area (Å²) in [5.41, 5.74) is -0.365. The van der Waals surface area contributed by atoms with Crippen molar-refractivity contribution in [3.63, 3.8) is 0 Å². The number of rotatable bonds is 4. The van der Waals surface area contributed by atoms with E-state index in [0.717, 1.165) is 0 Å².